The second kappa shape index (κ2) is 7.33. The fourth-order valence-electron chi connectivity index (χ4n) is 1.76. The Hall–Kier alpha value is -1.30. The van der Waals surface area contributed by atoms with Crippen molar-refractivity contribution < 1.29 is 24.1 Å². The van der Waals surface area contributed by atoms with E-state index in [1.54, 1.807) is 13.0 Å². The summed E-state index contributed by atoms with van der Waals surface area (Å²) in [6.07, 6.45) is -0.533. The van der Waals surface area contributed by atoms with E-state index in [1.165, 1.54) is 0 Å². The van der Waals surface area contributed by atoms with Crippen LogP contribution in [0, 0.1) is 0 Å². The molecule has 0 aliphatic carbocycles. The van der Waals surface area contributed by atoms with Crippen LogP contribution in [0.1, 0.15) is 18.6 Å². The summed E-state index contributed by atoms with van der Waals surface area (Å²) < 4.78 is 22.0. The molecule has 1 heterocycles. The van der Waals surface area contributed by atoms with Crippen LogP contribution < -0.4 is 9.47 Å². The maximum Gasteiger partial charge on any atom is 0.161 e. The number of rotatable bonds is 1. The summed E-state index contributed by atoms with van der Waals surface area (Å²) in [5.74, 6) is 1.29. The third-order valence-corrected chi connectivity index (χ3v) is 2.79. The number of fused-ring (bicyclic) bond motifs is 1. The SMILES string of the molecule is C[C@@H](O)c1ccc2c(c1)OCCOCCOCCO2. The Bertz CT molecular complexity index is 391. The van der Waals surface area contributed by atoms with E-state index in [-0.39, 0.29) is 0 Å². The molecule has 106 valence electrons. The number of aliphatic hydroxyl groups excluding tert-OH is 1. The Morgan fingerprint density at radius 2 is 1.47 bits per heavy atom. The topological polar surface area (TPSA) is 57.2 Å². The van der Waals surface area contributed by atoms with Gasteiger partial charge in [-0.1, -0.05) is 6.07 Å². The number of benzene rings is 1. The molecule has 0 radical (unpaired) electrons. The van der Waals surface area contributed by atoms with Crippen LogP contribution in [0.5, 0.6) is 11.5 Å². The van der Waals surface area contributed by atoms with E-state index in [0.717, 1.165) is 5.56 Å². The van der Waals surface area contributed by atoms with Gasteiger partial charge in [0.15, 0.2) is 11.5 Å². The summed E-state index contributed by atoms with van der Waals surface area (Å²) in [6, 6.07) is 5.44. The lowest BCUT2D eigenvalue weighted by atomic mass is 10.1. The molecule has 0 saturated heterocycles. The summed E-state index contributed by atoms with van der Waals surface area (Å²) in [5.41, 5.74) is 0.798. The van der Waals surface area contributed by atoms with Crippen LogP contribution in [-0.4, -0.2) is 44.7 Å². The van der Waals surface area contributed by atoms with Crippen LogP contribution in [0.3, 0.4) is 0 Å². The third kappa shape index (κ3) is 4.38. The highest BCUT2D eigenvalue weighted by Gasteiger charge is 2.10. The van der Waals surface area contributed by atoms with E-state index >= 15 is 0 Å². The zero-order chi connectivity index (χ0) is 13.5. The molecular formula is C14H20O5. The average molecular weight is 268 g/mol. The molecule has 5 nitrogen and oxygen atoms in total. The van der Waals surface area contributed by atoms with Gasteiger partial charge in [0.1, 0.15) is 13.2 Å². The molecule has 1 aromatic rings. The second-order valence-corrected chi connectivity index (χ2v) is 4.30. The predicted molar refractivity (Wildman–Crippen MR) is 69.7 cm³/mol. The van der Waals surface area contributed by atoms with Gasteiger partial charge in [0, 0.05) is 0 Å². The summed E-state index contributed by atoms with van der Waals surface area (Å²) in [6.45, 7) is 4.77. The predicted octanol–water partition coefficient (Wildman–Crippen LogP) is 1.54. The normalized spacial score (nSPS) is 19.1. The molecule has 0 bridgehead atoms. The lowest BCUT2D eigenvalue weighted by Gasteiger charge is -2.16. The summed E-state index contributed by atoms with van der Waals surface area (Å²) in [5, 5.41) is 9.59. The van der Waals surface area contributed by atoms with E-state index in [0.29, 0.717) is 51.1 Å². The van der Waals surface area contributed by atoms with Gasteiger partial charge in [0.05, 0.1) is 32.5 Å². The Balaban J connectivity index is 2.11. The largest absolute Gasteiger partial charge is 0.487 e. The van der Waals surface area contributed by atoms with Crippen LogP contribution >= 0.6 is 0 Å². The lowest BCUT2D eigenvalue weighted by Crippen LogP contribution is -2.15. The van der Waals surface area contributed by atoms with Crippen LogP contribution in [-0.2, 0) is 9.47 Å². The first-order valence-electron chi connectivity index (χ1n) is 6.50. The first-order chi connectivity index (χ1) is 9.27. The standard InChI is InChI=1S/C14H20O5/c1-11(15)12-2-3-13-14(10-12)19-9-7-17-5-4-16-6-8-18-13/h2-3,10-11,15H,4-9H2,1H3/t11-/m1/s1. The van der Waals surface area contributed by atoms with Crippen molar-refractivity contribution >= 4 is 0 Å². The molecule has 1 aliphatic heterocycles. The Morgan fingerprint density at radius 3 is 2.11 bits per heavy atom. The number of hydrogen-bond acceptors (Lipinski definition) is 5. The first-order valence-corrected chi connectivity index (χ1v) is 6.50. The maximum absolute atomic E-state index is 9.59. The van der Waals surface area contributed by atoms with Gasteiger partial charge in [-0.25, -0.2) is 0 Å². The van der Waals surface area contributed by atoms with Gasteiger partial charge in [-0.05, 0) is 24.6 Å². The molecule has 1 N–H and O–H groups in total. The summed E-state index contributed by atoms with van der Waals surface area (Å²) >= 11 is 0. The quantitative estimate of drug-likeness (QED) is 0.837. The first kappa shape index (κ1) is 14.1. The van der Waals surface area contributed by atoms with Gasteiger partial charge >= 0.3 is 0 Å². The molecule has 2 rings (SSSR count). The Labute approximate surface area is 113 Å². The fourth-order valence-corrected chi connectivity index (χ4v) is 1.76. The zero-order valence-corrected chi connectivity index (χ0v) is 11.1. The molecule has 5 heteroatoms. The molecule has 1 atom stereocenters. The van der Waals surface area contributed by atoms with Crippen LogP contribution in [0.25, 0.3) is 0 Å². The lowest BCUT2D eigenvalue weighted by molar-refractivity contribution is 0.0223. The molecule has 1 aliphatic rings. The highest BCUT2D eigenvalue weighted by atomic mass is 16.6. The van der Waals surface area contributed by atoms with Gasteiger partial charge in [0.25, 0.3) is 0 Å². The third-order valence-electron chi connectivity index (χ3n) is 2.79. The van der Waals surface area contributed by atoms with Crippen molar-refractivity contribution in [3.8, 4) is 11.5 Å². The molecule has 0 amide bonds. The van der Waals surface area contributed by atoms with Gasteiger partial charge in [-0.3, -0.25) is 0 Å². The minimum atomic E-state index is -0.533. The average Bonchev–Trinajstić information content (AvgIpc) is 2.39. The monoisotopic (exact) mass is 268 g/mol. The molecule has 0 aromatic heterocycles. The molecule has 19 heavy (non-hydrogen) atoms. The Kier molecular flexibility index (Phi) is 5.44. The van der Waals surface area contributed by atoms with Crippen molar-refractivity contribution in [1.29, 1.82) is 0 Å². The van der Waals surface area contributed by atoms with Crippen molar-refractivity contribution in [2.24, 2.45) is 0 Å². The fraction of sp³-hybridized carbons (Fsp3) is 0.571. The zero-order valence-electron chi connectivity index (χ0n) is 11.1. The van der Waals surface area contributed by atoms with E-state index in [2.05, 4.69) is 0 Å². The molecule has 0 unspecified atom stereocenters. The van der Waals surface area contributed by atoms with E-state index in [9.17, 15) is 5.11 Å². The van der Waals surface area contributed by atoms with E-state index in [4.69, 9.17) is 18.9 Å². The minimum Gasteiger partial charge on any atom is -0.487 e. The van der Waals surface area contributed by atoms with Crippen LogP contribution in [0.2, 0.25) is 0 Å². The molecular weight excluding hydrogens is 248 g/mol. The van der Waals surface area contributed by atoms with Crippen molar-refractivity contribution in [2.45, 2.75) is 13.0 Å². The Morgan fingerprint density at radius 1 is 0.895 bits per heavy atom. The van der Waals surface area contributed by atoms with Gasteiger partial charge in [-0.2, -0.15) is 0 Å². The van der Waals surface area contributed by atoms with Crippen molar-refractivity contribution in [3.63, 3.8) is 0 Å². The number of aliphatic hydroxyl groups is 1. The van der Waals surface area contributed by atoms with Crippen LogP contribution in [0.15, 0.2) is 18.2 Å². The molecule has 1 aromatic carbocycles. The van der Waals surface area contributed by atoms with Crippen LogP contribution in [0.4, 0.5) is 0 Å². The summed E-state index contributed by atoms with van der Waals surface area (Å²) in [7, 11) is 0. The highest BCUT2D eigenvalue weighted by molar-refractivity contribution is 5.43. The summed E-state index contributed by atoms with van der Waals surface area (Å²) in [4.78, 5) is 0. The molecule has 0 fully saturated rings. The minimum absolute atomic E-state index is 0.444. The van der Waals surface area contributed by atoms with E-state index < -0.39 is 6.10 Å². The number of ether oxygens (including phenoxy) is 4. The highest BCUT2D eigenvalue weighted by Crippen LogP contribution is 2.30. The molecule has 0 spiro atoms. The van der Waals surface area contributed by atoms with Gasteiger partial charge < -0.3 is 24.1 Å². The molecule has 0 saturated carbocycles. The number of hydrogen-bond donors (Lipinski definition) is 1. The van der Waals surface area contributed by atoms with Gasteiger partial charge in [-0.15, -0.1) is 0 Å². The van der Waals surface area contributed by atoms with Gasteiger partial charge in [0.2, 0.25) is 0 Å². The van der Waals surface area contributed by atoms with Crippen molar-refractivity contribution in [2.75, 3.05) is 39.6 Å². The van der Waals surface area contributed by atoms with E-state index in [1.807, 2.05) is 12.1 Å². The van der Waals surface area contributed by atoms with Crippen molar-refractivity contribution in [1.82, 2.24) is 0 Å². The maximum atomic E-state index is 9.59. The van der Waals surface area contributed by atoms with Crippen molar-refractivity contribution in [3.05, 3.63) is 23.8 Å². The second-order valence-electron chi connectivity index (χ2n) is 4.30. The smallest absolute Gasteiger partial charge is 0.161 e.